The van der Waals surface area contributed by atoms with E-state index in [1.807, 2.05) is 6.07 Å². The van der Waals surface area contributed by atoms with Gasteiger partial charge in [0.1, 0.15) is 0 Å². The predicted molar refractivity (Wildman–Crippen MR) is 106 cm³/mol. The number of rotatable bonds is 3. The fraction of sp³-hybridized carbons (Fsp3) is 0.227. The van der Waals surface area contributed by atoms with E-state index in [0.29, 0.717) is 11.7 Å². The molecule has 1 unspecified atom stereocenters. The summed E-state index contributed by atoms with van der Waals surface area (Å²) in [5.41, 5.74) is 7.50. The summed E-state index contributed by atoms with van der Waals surface area (Å²) in [4.78, 5) is 0. The first-order valence-electron chi connectivity index (χ1n) is 9.45. The number of benzene rings is 2. The van der Waals surface area contributed by atoms with Crippen LogP contribution in [-0.4, -0.2) is 25.2 Å². The Morgan fingerprint density at radius 1 is 1.00 bits per heavy atom. The highest BCUT2D eigenvalue weighted by Crippen LogP contribution is 2.39. The largest absolute Gasteiger partial charge is 0.313 e. The Balaban J connectivity index is 1.73. The van der Waals surface area contributed by atoms with Crippen LogP contribution < -0.4 is 0 Å². The number of fused-ring (bicyclic) bond motifs is 1. The van der Waals surface area contributed by atoms with Crippen molar-refractivity contribution in [3.63, 3.8) is 0 Å². The average molecular weight is 355 g/mol. The van der Waals surface area contributed by atoms with Crippen molar-refractivity contribution in [2.45, 2.75) is 32.1 Å². The first-order valence-corrected chi connectivity index (χ1v) is 9.45. The Bertz CT molecular complexity index is 1060. The second-order valence-corrected chi connectivity index (χ2v) is 7.21. The van der Waals surface area contributed by atoms with Gasteiger partial charge in [-0.1, -0.05) is 49.4 Å². The fourth-order valence-electron chi connectivity index (χ4n) is 4.17. The molecule has 27 heavy (non-hydrogen) atoms. The van der Waals surface area contributed by atoms with E-state index < -0.39 is 0 Å². The van der Waals surface area contributed by atoms with Gasteiger partial charge in [0.2, 0.25) is 5.82 Å². The van der Waals surface area contributed by atoms with Gasteiger partial charge in [-0.05, 0) is 59.7 Å². The molecule has 1 aliphatic rings. The maximum atomic E-state index is 4.13. The van der Waals surface area contributed by atoms with Crippen LogP contribution in [0.1, 0.15) is 36.9 Å². The monoisotopic (exact) mass is 355 g/mol. The lowest BCUT2D eigenvalue weighted by Gasteiger charge is -2.21. The third-order valence-corrected chi connectivity index (χ3v) is 5.50. The lowest BCUT2D eigenvalue weighted by molar-refractivity contribution is 0.578. The van der Waals surface area contributed by atoms with Gasteiger partial charge in [-0.2, -0.15) is 5.21 Å². The molecule has 1 N–H and O–H groups in total. The van der Waals surface area contributed by atoms with Crippen molar-refractivity contribution in [2.75, 3.05) is 0 Å². The lowest BCUT2D eigenvalue weighted by Crippen LogP contribution is -2.10. The molecule has 5 heteroatoms. The molecule has 134 valence electrons. The van der Waals surface area contributed by atoms with Crippen LogP contribution in [0, 0.1) is 0 Å². The van der Waals surface area contributed by atoms with E-state index in [2.05, 4.69) is 86.7 Å². The first kappa shape index (κ1) is 16.0. The minimum absolute atomic E-state index is 0.595. The molecule has 0 radical (unpaired) electrons. The SMILES string of the molecule is CC1CCCc2c1cc(-c1ccccc1)n2-c1cccc(-c2nn[nH]n2)c1. The Kier molecular flexibility index (Phi) is 3.85. The zero-order valence-corrected chi connectivity index (χ0v) is 15.3. The molecular weight excluding hydrogens is 334 g/mol. The van der Waals surface area contributed by atoms with Gasteiger partial charge in [0, 0.05) is 16.9 Å². The standard InChI is InChI=1S/C22H21N5/c1-15-7-5-12-20-19(15)14-21(16-8-3-2-4-9-16)27(20)18-11-6-10-17(13-18)22-23-25-26-24-22/h2-4,6,8-11,13-15H,5,7,12H2,1H3,(H,23,24,25,26). The van der Waals surface area contributed by atoms with Gasteiger partial charge < -0.3 is 4.57 Å². The molecule has 1 aliphatic carbocycles. The number of hydrogen-bond donors (Lipinski definition) is 1. The Labute approximate surface area is 158 Å². The molecule has 5 nitrogen and oxygen atoms in total. The number of nitrogens with one attached hydrogen (secondary N) is 1. The van der Waals surface area contributed by atoms with E-state index in [-0.39, 0.29) is 0 Å². The van der Waals surface area contributed by atoms with Crippen LogP contribution in [0.4, 0.5) is 0 Å². The van der Waals surface area contributed by atoms with Gasteiger partial charge >= 0.3 is 0 Å². The van der Waals surface area contributed by atoms with Crippen LogP contribution >= 0.6 is 0 Å². The molecule has 0 amide bonds. The van der Waals surface area contributed by atoms with Gasteiger partial charge in [0.25, 0.3) is 0 Å². The van der Waals surface area contributed by atoms with Crippen molar-refractivity contribution in [1.29, 1.82) is 0 Å². The third kappa shape index (κ3) is 2.76. The highest BCUT2D eigenvalue weighted by Gasteiger charge is 2.24. The van der Waals surface area contributed by atoms with E-state index in [1.165, 1.54) is 35.4 Å². The molecule has 0 saturated carbocycles. The zero-order valence-electron chi connectivity index (χ0n) is 15.3. The summed E-state index contributed by atoms with van der Waals surface area (Å²) in [5, 5.41) is 14.5. The topological polar surface area (TPSA) is 59.4 Å². The zero-order chi connectivity index (χ0) is 18.2. The molecular formula is C22H21N5. The minimum Gasteiger partial charge on any atom is -0.313 e. The van der Waals surface area contributed by atoms with Crippen molar-refractivity contribution in [3.8, 4) is 28.3 Å². The molecule has 2 aromatic heterocycles. The van der Waals surface area contributed by atoms with E-state index in [0.717, 1.165) is 17.7 Å². The van der Waals surface area contributed by atoms with Crippen LogP contribution in [0.3, 0.4) is 0 Å². The Hall–Kier alpha value is -3.21. The number of H-pyrrole nitrogens is 1. The molecule has 5 rings (SSSR count). The van der Waals surface area contributed by atoms with Gasteiger partial charge in [-0.25, -0.2) is 0 Å². The number of aromatic nitrogens is 5. The molecule has 1 atom stereocenters. The van der Waals surface area contributed by atoms with Crippen molar-refractivity contribution in [3.05, 3.63) is 71.9 Å². The number of hydrogen-bond acceptors (Lipinski definition) is 3. The van der Waals surface area contributed by atoms with Crippen LogP contribution in [0.2, 0.25) is 0 Å². The summed E-state index contributed by atoms with van der Waals surface area (Å²) in [5.74, 6) is 1.21. The van der Waals surface area contributed by atoms with Crippen molar-refractivity contribution in [1.82, 2.24) is 25.2 Å². The molecule has 2 aromatic carbocycles. The van der Waals surface area contributed by atoms with Gasteiger partial charge in [-0.15, -0.1) is 10.2 Å². The van der Waals surface area contributed by atoms with Crippen molar-refractivity contribution < 1.29 is 0 Å². The molecule has 0 aliphatic heterocycles. The van der Waals surface area contributed by atoms with Crippen LogP contribution in [0.5, 0.6) is 0 Å². The Morgan fingerprint density at radius 3 is 2.67 bits per heavy atom. The third-order valence-electron chi connectivity index (χ3n) is 5.50. The second kappa shape index (κ2) is 6.50. The van der Waals surface area contributed by atoms with Crippen molar-refractivity contribution in [2.24, 2.45) is 0 Å². The molecule has 0 saturated heterocycles. The highest BCUT2D eigenvalue weighted by atomic mass is 15.5. The molecule has 0 spiro atoms. The molecule has 4 aromatic rings. The minimum atomic E-state index is 0.595. The van der Waals surface area contributed by atoms with Gasteiger partial charge in [0.05, 0.1) is 5.69 Å². The first-order chi connectivity index (χ1) is 13.3. The lowest BCUT2D eigenvalue weighted by atomic mass is 9.88. The van der Waals surface area contributed by atoms with Crippen molar-refractivity contribution >= 4 is 0 Å². The number of tetrazole rings is 1. The summed E-state index contributed by atoms with van der Waals surface area (Å²) in [7, 11) is 0. The molecule has 0 fully saturated rings. The second-order valence-electron chi connectivity index (χ2n) is 7.21. The van der Waals surface area contributed by atoms with Gasteiger partial charge in [-0.3, -0.25) is 0 Å². The average Bonchev–Trinajstić information content (AvgIpc) is 3.38. The van der Waals surface area contributed by atoms with E-state index in [4.69, 9.17) is 0 Å². The van der Waals surface area contributed by atoms with E-state index in [9.17, 15) is 0 Å². The number of nitrogens with zero attached hydrogens (tertiary/aromatic N) is 4. The Morgan fingerprint density at radius 2 is 1.85 bits per heavy atom. The van der Waals surface area contributed by atoms with Crippen LogP contribution in [-0.2, 0) is 6.42 Å². The maximum Gasteiger partial charge on any atom is 0.204 e. The predicted octanol–water partition coefficient (Wildman–Crippen LogP) is 4.76. The summed E-state index contributed by atoms with van der Waals surface area (Å²) in [6.45, 7) is 2.34. The van der Waals surface area contributed by atoms with E-state index in [1.54, 1.807) is 0 Å². The summed E-state index contributed by atoms with van der Waals surface area (Å²) in [6, 6.07) is 21.4. The summed E-state index contributed by atoms with van der Waals surface area (Å²) >= 11 is 0. The normalized spacial score (nSPS) is 16.3. The maximum absolute atomic E-state index is 4.13. The molecule has 2 heterocycles. The van der Waals surface area contributed by atoms with Crippen LogP contribution in [0.15, 0.2) is 60.7 Å². The highest BCUT2D eigenvalue weighted by molar-refractivity contribution is 5.68. The summed E-state index contributed by atoms with van der Waals surface area (Å²) in [6.07, 6.45) is 3.60. The molecule has 0 bridgehead atoms. The number of aromatic amines is 1. The quantitative estimate of drug-likeness (QED) is 0.576. The fourth-order valence-corrected chi connectivity index (χ4v) is 4.17. The summed E-state index contributed by atoms with van der Waals surface area (Å²) < 4.78 is 2.42. The smallest absolute Gasteiger partial charge is 0.204 e. The van der Waals surface area contributed by atoms with E-state index >= 15 is 0 Å². The van der Waals surface area contributed by atoms with Crippen LogP contribution in [0.25, 0.3) is 28.3 Å². The van der Waals surface area contributed by atoms with Gasteiger partial charge in [0.15, 0.2) is 0 Å².